The molecule has 0 aliphatic heterocycles. The Labute approximate surface area is 143 Å². The zero-order valence-electron chi connectivity index (χ0n) is 13.9. The number of hydrogen-bond acceptors (Lipinski definition) is 2. The van der Waals surface area contributed by atoms with Crippen LogP contribution in [0.2, 0.25) is 5.02 Å². The quantitative estimate of drug-likeness (QED) is 0.672. The summed E-state index contributed by atoms with van der Waals surface area (Å²) in [5.41, 5.74) is 3.35. The molecule has 0 fully saturated rings. The fraction of sp³-hybridized carbons (Fsp3) is 0.333. The second kappa shape index (κ2) is 8.53. The van der Waals surface area contributed by atoms with Gasteiger partial charge in [0.1, 0.15) is 0 Å². The van der Waals surface area contributed by atoms with Gasteiger partial charge in [-0.3, -0.25) is 4.98 Å². The highest BCUT2D eigenvalue weighted by Crippen LogP contribution is 2.11. The second-order valence-electron chi connectivity index (χ2n) is 5.42. The topological polar surface area (TPSA) is 40.5 Å². The zero-order chi connectivity index (χ0) is 16.7. The summed E-state index contributed by atoms with van der Waals surface area (Å²) in [4.78, 5) is 11.2. The van der Waals surface area contributed by atoms with Crippen molar-refractivity contribution in [1.29, 1.82) is 0 Å². The summed E-state index contributed by atoms with van der Waals surface area (Å²) in [6, 6.07) is 11.9. The summed E-state index contributed by atoms with van der Waals surface area (Å²) < 4.78 is 0. The largest absolute Gasteiger partial charge is 0.357 e. The van der Waals surface area contributed by atoms with Crippen LogP contribution >= 0.6 is 11.6 Å². The molecule has 0 saturated heterocycles. The number of halogens is 1. The van der Waals surface area contributed by atoms with Crippen LogP contribution in [0, 0.1) is 6.92 Å². The van der Waals surface area contributed by atoms with E-state index in [9.17, 15) is 0 Å². The molecule has 122 valence electrons. The highest BCUT2D eigenvalue weighted by atomic mass is 35.5. The van der Waals surface area contributed by atoms with Gasteiger partial charge in [-0.05, 0) is 43.2 Å². The van der Waals surface area contributed by atoms with E-state index in [0.29, 0.717) is 6.54 Å². The Kier molecular flexibility index (Phi) is 6.41. The molecule has 0 atom stereocenters. The Bertz CT molecular complexity index is 652. The lowest BCUT2D eigenvalue weighted by Gasteiger charge is -2.22. The Balaban J connectivity index is 2.08. The molecule has 2 aromatic rings. The smallest absolute Gasteiger partial charge is 0.194 e. The van der Waals surface area contributed by atoms with E-state index in [1.807, 2.05) is 43.6 Å². The number of pyridine rings is 1. The molecule has 0 saturated carbocycles. The van der Waals surface area contributed by atoms with Gasteiger partial charge in [0.05, 0.1) is 12.2 Å². The molecular formula is C18H23ClN4. The van der Waals surface area contributed by atoms with Crippen LogP contribution in [0.5, 0.6) is 0 Å². The van der Waals surface area contributed by atoms with Gasteiger partial charge in [-0.15, -0.1) is 0 Å². The van der Waals surface area contributed by atoms with E-state index < -0.39 is 0 Å². The molecule has 5 heteroatoms. The van der Waals surface area contributed by atoms with Crippen LogP contribution in [0.3, 0.4) is 0 Å². The maximum atomic E-state index is 5.94. The number of aryl methyl sites for hydroxylation is 1. The van der Waals surface area contributed by atoms with Crippen molar-refractivity contribution in [2.75, 3.05) is 13.6 Å². The minimum Gasteiger partial charge on any atom is -0.357 e. The zero-order valence-corrected chi connectivity index (χ0v) is 14.6. The molecule has 0 bridgehead atoms. The molecule has 1 aromatic carbocycles. The Morgan fingerprint density at radius 1 is 1.26 bits per heavy atom. The van der Waals surface area contributed by atoms with Crippen molar-refractivity contribution in [3.63, 3.8) is 0 Å². The first-order valence-electron chi connectivity index (χ1n) is 7.74. The molecular weight excluding hydrogens is 308 g/mol. The summed E-state index contributed by atoms with van der Waals surface area (Å²) in [5.74, 6) is 0.868. The van der Waals surface area contributed by atoms with E-state index in [0.717, 1.165) is 35.3 Å². The highest BCUT2D eigenvalue weighted by Gasteiger charge is 2.07. The molecule has 0 spiro atoms. The van der Waals surface area contributed by atoms with Gasteiger partial charge in [0.15, 0.2) is 5.96 Å². The Hall–Kier alpha value is -2.07. The van der Waals surface area contributed by atoms with Crippen LogP contribution in [-0.4, -0.2) is 29.4 Å². The van der Waals surface area contributed by atoms with E-state index in [-0.39, 0.29) is 0 Å². The van der Waals surface area contributed by atoms with E-state index in [1.165, 1.54) is 5.56 Å². The molecule has 0 unspecified atom stereocenters. The van der Waals surface area contributed by atoms with Crippen LogP contribution in [0.25, 0.3) is 0 Å². The number of aromatic nitrogens is 1. The van der Waals surface area contributed by atoms with Gasteiger partial charge in [-0.2, -0.15) is 0 Å². The van der Waals surface area contributed by atoms with E-state index in [4.69, 9.17) is 16.6 Å². The van der Waals surface area contributed by atoms with E-state index >= 15 is 0 Å². The molecule has 0 aliphatic carbocycles. The van der Waals surface area contributed by atoms with Gasteiger partial charge in [0.25, 0.3) is 0 Å². The van der Waals surface area contributed by atoms with Crippen molar-refractivity contribution in [1.82, 2.24) is 15.2 Å². The molecule has 1 heterocycles. The number of benzene rings is 1. The SMILES string of the molecule is CCNC(=NCc1ncccc1C)N(C)Cc1ccc(Cl)cc1. The number of aliphatic imine (C=N–C) groups is 1. The summed E-state index contributed by atoms with van der Waals surface area (Å²) in [6.07, 6.45) is 1.81. The van der Waals surface area contributed by atoms with Crippen LogP contribution in [-0.2, 0) is 13.1 Å². The Morgan fingerprint density at radius 3 is 2.65 bits per heavy atom. The fourth-order valence-corrected chi connectivity index (χ4v) is 2.37. The van der Waals surface area contributed by atoms with E-state index in [2.05, 4.69) is 35.1 Å². The van der Waals surface area contributed by atoms with Gasteiger partial charge in [0, 0.05) is 31.4 Å². The lowest BCUT2D eigenvalue weighted by atomic mass is 10.2. The Morgan fingerprint density at radius 2 is 2.00 bits per heavy atom. The molecule has 4 nitrogen and oxygen atoms in total. The summed E-state index contributed by atoms with van der Waals surface area (Å²) in [6.45, 7) is 6.29. The van der Waals surface area contributed by atoms with Gasteiger partial charge < -0.3 is 10.2 Å². The normalized spacial score (nSPS) is 11.4. The van der Waals surface area contributed by atoms with Crippen molar-refractivity contribution < 1.29 is 0 Å². The van der Waals surface area contributed by atoms with Gasteiger partial charge in [-0.1, -0.05) is 29.8 Å². The molecule has 0 amide bonds. The molecule has 23 heavy (non-hydrogen) atoms. The third kappa shape index (κ3) is 5.25. The standard InChI is InChI=1S/C18H23ClN4/c1-4-20-18(22-12-17-14(2)6-5-11-21-17)23(3)13-15-7-9-16(19)10-8-15/h5-11H,4,12-13H2,1-3H3,(H,20,22). The predicted molar refractivity (Wildman–Crippen MR) is 96.7 cm³/mol. The molecule has 2 rings (SSSR count). The van der Waals surface area contributed by atoms with Crippen molar-refractivity contribution >= 4 is 17.6 Å². The van der Waals surface area contributed by atoms with E-state index in [1.54, 1.807) is 0 Å². The number of nitrogens with zero attached hydrogens (tertiary/aromatic N) is 3. The van der Waals surface area contributed by atoms with Gasteiger partial charge in [-0.25, -0.2) is 4.99 Å². The van der Waals surface area contributed by atoms with Crippen LogP contribution < -0.4 is 5.32 Å². The third-order valence-corrected chi connectivity index (χ3v) is 3.78. The maximum absolute atomic E-state index is 5.94. The summed E-state index contributed by atoms with van der Waals surface area (Å²) in [5, 5.41) is 4.08. The van der Waals surface area contributed by atoms with Crippen molar-refractivity contribution in [2.24, 2.45) is 4.99 Å². The number of guanidine groups is 1. The molecule has 1 aromatic heterocycles. The van der Waals surface area contributed by atoms with Crippen molar-refractivity contribution in [3.05, 3.63) is 64.4 Å². The van der Waals surface area contributed by atoms with Crippen molar-refractivity contribution in [3.8, 4) is 0 Å². The number of nitrogens with one attached hydrogen (secondary N) is 1. The first-order valence-corrected chi connectivity index (χ1v) is 8.12. The monoisotopic (exact) mass is 330 g/mol. The first kappa shape index (κ1) is 17.3. The second-order valence-corrected chi connectivity index (χ2v) is 5.86. The predicted octanol–water partition coefficient (Wildman–Crippen LogP) is 3.64. The average Bonchev–Trinajstić information content (AvgIpc) is 2.55. The first-order chi connectivity index (χ1) is 11.1. The summed E-state index contributed by atoms with van der Waals surface area (Å²) in [7, 11) is 2.03. The number of rotatable bonds is 5. The summed E-state index contributed by atoms with van der Waals surface area (Å²) >= 11 is 5.94. The molecule has 0 radical (unpaired) electrons. The highest BCUT2D eigenvalue weighted by molar-refractivity contribution is 6.30. The van der Waals surface area contributed by atoms with Crippen molar-refractivity contribution in [2.45, 2.75) is 26.9 Å². The average molecular weight is 331 g/mol. The van der Waals surface area contributed by atoms with Crippen LogP contribution in [0.15, 0.2) is 47.6 Å². The lowest BCUT2D eigenvalue weighted by molar-refractivity contribution is 0.476. The third-order valence-electron chi connectivity index (χ3n) is 3.53. The fourth-order valence-electron chi connectivity index (χ4n) is 2.24. The van der Waals surface area contributed by atoms with Gasteiger partial charge >= 0.3 is 0 Å². The van der Waals surface area contributed by atoms with Gasteiger partial charge in [0.2, 0.25) is 0 Å². The van der Waals surface area contributed by atoms with Crippen LogP contribution in [0.1, 0.15) is 23.7 Å². The minimum absolute atomic E-state index is 0.569. The molecule has 0 aliphatic rings. The minimum atomic E-state index is 0.569. The maximum Gasteiger partial charge on any atom is 0.194 e. The number of hydrogen-bond donors (Lipinski definition) is 1. The lowest BCUT2D eigenvalue weighted by Crippen LogP contribution is -2.38. The van der Waals surface area contributed by atoms with Crippen LogP contribution in [0.4, 0.5) is 0 Å². The molecule has 1 N–H and O–H groups in total.